The molecule has 3 rings (SSSR count). The minimum absolute atomic E-state index is 0.00166. The van der Waals surface area contributed by atoms with Gasteiger partial charge in [-0.15, -0.1) is 0 Å². The number of nitrogens with zero attached hydrogens (tertiary/aromatic N) is 1. The highest BCUT2D eigenvalue weighted by molar-refractivity contribution is 7.99. The number of benzene rings is 2. The Morgan fingerprint density at radius 3 is 2.33 bits per heavy atom. The highest BCUT2D eigenvalue weighted by atomic mass is 32.2. The van der Waals surface area contributed by atoms with Crippen LogP contribution in [0, 0.1) is 0 Å². The maximum absolute atomic E-state index is 13.2. The van der Waals surface area contributed by atoms with Crippen LogP contribution in [-0.4, -0.2) is 51.4 Å². The van der Waals surface area contributed by atoms with Crippen LogP contribution in [0.2, 0.25) is 0 Å². The molecule has 2 aromatic rings. The van der Waals surface area contributed by atoms with E-state index >= 15 is 0 Å². The van der Waals surface area contributed by atoms with Gasteiger partial charge in [-0.1, -0.05) is 12.1 Å². The molecule has 0 fully saturated rings. The molecule has 0 aromatic heterocycles. The second-order valence-corrected chi connectivity index (χ2v) is 9.30. The zero-order chi connectivity index (χ0) is 24.0. The number of hydrogen-bond donors (Lipinski definition) is 1. The van der Waals surface area contributed by atoms with Crippen molar-refractivity contribution in [2.45, 2.75) is 26.8 Å². The third kappa shape index (κ3) is 5.43. The lowest BCUT2D eigenvalue weighted by Crippen LogP contribution is -2.31. The third-order valence-corrected chi connectivity index (χ3v) is 7.22. The lowest BCUT2D eigenvalue weighted by atomic mass is 10.1. The van der Waals surface area contributed by atoms with Crippen molar-refractivity contribution in [2.75, 3.05) is 26.9 Å². The molecule has 0 saturated heterocycles. The minimum Gasteiger partial charge on any atom is -0.497 e. The smallest absolute Gasteiger partial charge is 0.268 e. The molecule has 1 heterocycles. The van der Waals surface area contributed by atoms with Gasteiger partial charge >= 0.3 is 0 Å². The van der Waals surface area contributed by atoms with E-state index in [0.29, 0.717) is 42.2 Å². The number of carbonyl (C=O) groups is 2. The van der Waals surface area contributed by atoms with Crippen LogP contribution in [0.3, 0.4) is 0 Å². The standard InChI is InChI=1S/C24H28N2O6S/c1-4-32-15-5-14-25-23(27)20-8-6-18(7-9-20)16-26-24(28)17(2)22(33(26,29)30)19-10-12-21(31-3)13-11-19/h6-13H,4-5,14-16H2,1-3H3,(H,25,27). The Balaban J connectivity index is 1.69. The first-order valence-corrected chi connectivity index (χ1v) is 12.1. The van der Waals surface area contributed by atoms with E-state index in [1.54, 1.807) is 48.5 Å². The van der Waals surface area contributed by atoms with Gasteiger partial charge in [-0.25, -0.2) is 12.7 Å². The molecule has 1 aliphatic rings. The number of amides is 2. The highest BCUT2D eigenvalue weighted by Crippen LogP contribution is 2.36. The predicted octanol–water partition coefficient (Wildman–Crippen LogP) is 2.95. The van der Waals surface area contributed by atoms with Crippen molar-refractivity contribution in [2.24, 2.45) is 0 Å². The van der Waals surface area contributed by atoms with Crippen molar-refractivity contribution in [3.8, 4) is 5.75 Å². The Kier molecular flexibility index (Phi) is 7.88. The van der Waals surface area contributed by atoms with Crippen LogP contribution >= 0.6 is 0 Å². The molecular formula is C24H28N2O6S. The van der Waals surface area contributed by atoms with Crippen LogP contribution < -0.4 is 10.1 Å². The van der Waals surface area contributed by atoms with Crippen LogP contribution in [0.5, 0.6) is 5.75 Å². The molecule has 2 amide bonds. The monoisotopic (exact) mass is 472 g/mol. The summed E-state index contributed by atoms with van der Waals surface area (Å²) in [7, 11) is -2.49. The van der Waals surface area contributed by atoms with Gasteiger partial charge in [0.05, 0.1) is 13.7 Å². The fourth-order valence-electron chi connectivity index (χ4n) is 3.51. The summed E-state index contributed by atoms with van der Waals surface area (Å²) in [4.78, 5) is 25.0. The summed E-state index contributed by atoms with van der Waals surface area (Å²) in [6.45, 7) is 5.03. The average Bonchev–Trinajstić information content (AvgIpc) is 2.98. The van der Waals surface area contributed by atoms with Crippen molar-refractivity contribution in [1.82, 2.24) is 9.62 Å². The summed E-state index contributed by atoms with van der Waals surface area (Å²) in [5.74, 6) is -0.187. The molecule has 0 bridgehead atoms. The summed E-state index contributed by atoms with van der Waals surface area (Å²) in [5, 5.41) is 2.81. The van der Waals surface area contributed by atoms with Crippen molar-refractivity contribution < 1.29 is 27.5 Å². The molecule has 176 valence electrons. The molecule has 0 saturated carbocycles. The molecular weight excluding hydrogens is 444 g/mol. The molecule has 0 aliphatic carbocycles. The Labute approximate surface area is 194 Å². The number of rotatable bonds is 10. The Hall–Kier alpha value is -3.17. The zero-order valence-electron chi connectivity index (χ0n) is 19.0. The van der Waals surface area contributed by atoms with E-state index in [1.807, 2.05) is 6.92 Å². The van der Waals surface area contributed by atoms with Crippen molar-refractivity contribution in [3.05, 3.63) is 70.8 Å². The molecule has 9 heteroatoms. The lowest BCUT2D eigenvalue weighted by Gasteiger charge is -2.17. The molecule has 1 N–H and O–H groups in total. The summed E-state index contributed by atoms with van der Waals surface area (Å²) in [6.07, 6.45) is 0.718. The number of nitrogens with one attached hydrogen (secondary N) is 1. The van der Waals surface area contributed by atoms with Gasteiger partial charge in [0.2, 0.25) is 0 Å². The number of ether oxygens (including phenoxy) is 2. The van der Waals surface area contributed by atoms with E-state index < -0.39 is 15.9 Å². The van der Waals surface area contributed by atoms with E-state index in [0.717, 1.165) is 10.7 Å². The Bertz CT molecular complexity index is 1140. The van der Waals surface area contributed by atoms with E-state index in [2.05, 4.69) is 5.32 Å². The van der Waals surface area contributed by atoms with E-state index in [9.17, 15) is 18.0 Å². The van der Waals surface area contributed by atoms with Gasteiger partial charge in [0.15, 0.2) is 0 Å². The predicted molar refractivity (Wildman–Crippen MR) is 125 cm³/mol. The molecule has 0 unspecified atom stereocenters. The summed E-state index contributed by atoms with van der Waals surface area (Å²) in [5.41, 5.74) is 1.66. The van der Waals surface area contributed by atoms with E-state index in [4.69, 9.17) is 9.47 Å². The summed E-state index contributed by atoms with van der Waals surface area (Å²) >= 11 is 0. The van der Waals surface area contributed by atoms with Gasteiger partial charge in [-0.05, 0) is 67.8 Å². The van der Waals surface area contributed by atoms with Gasteiger partial charge < -0.3 is 14.8 Å². The summed E-state index contributed by atoms with van der Waals surface area (Å²) in [6, 6.07) is 13.1. The molecule has 0 spiro atoms. The third-order valence-electron chi connectivity index (χ3n) is 5.29. The first-order valence-electron chi connectivity index (χ1n) is 10.7. The maximum atomic E-state index is 13.2. The Morgan fingerprint density at radius 2 is 1.73 bits per heavy atom. The van der Waals surface area contributed by atoms with Gasteiger partial charge in [-0.3, -0.25) is 9.59 Å². The molecule has 2 aromatic carbocycles. The fourth-order valence-corrected chi connectivity index (χ4v) is 5.31. The number of hydrogen-bond acceptors (Lipinski definition) is 6. The van der Waals surface area contributed by atoms with Gasteiger partial charge in [0.25, 0.3) is 21.8 Å². The van der Waals surface area contributed by atoms with Crippen LogP contribution in [0.4, 0.5) is 0 Å². The zero-order valence-corrected chi connectivity index (χ0v) is 19.8. The minimum atomic E-state index is -4.01. The van der Waals surface area contributed by atoms with Crippen LogP contribution in [-0.2, 0) is 26.1 Å². The van der Waals surface area contributed by atoms with Gasteiger partial charge in [-0.2, -0.15) is 0 Å². The summed E-state index contributed by atoms with van der Waals surface area (Å²) < 4.78 is 37.6. The number of carbonyl (C=O) groups excluding carboxylic acids is 2. The normalized spacial score (nSPS) is 15.1. The quantitative estimate of drug-likeness (QED) is 0.534. The topological polar surface area (TPSA) is 102 Å². The van der Waals surface area contributed by atoms with Crippen molar-refractivity contribution >= 4 is 26.7 Å². The SMILES string of the molecule is CCOCCCNC(=O)c1ccc(CN2C(=O)C(C)=C(c3ccc(OC)cc3)S2(=O)=O)cc1. The number of methoxy groups -OCH3 is 1. The molecule has 1 aliphatic heterocycles. The first-order chi connectivity index (χ1) is 15.8. The molecule has 33 heavy (non-hydrogen) atoms. The van der Waals surface area contributed by atoms with Crippen LogP contribution in [0.1, 0.15) is 41.8 Å². The highest BCUT2D eigenvalue weighted by Gasteiger charge is 2.42. The van der Waals surface area contributed by atoms with E-state index in [1.165, 1.54) is 14.0 Å². The second kappa shape index (κ2) is 10.6. The van der Waals surface area contributed by atoms with Gasteiger partial charge in [0, 0.05) is 30.9 Å². The Morgan fingerprint density at radius 1 is 1.06 bits per heavy atom. The van der Waals surface area contributed by atoms with Crippen molar-refractivity contribution in [3.63, 3.8) is 0 Å². The van der Waals surface area contributed by atoms with Crippen molar-refractivity contribution in [1.29, 1.82) is 0 Å². The van der Waals surface area contributed by atoms with Crippen LogP contribution in [0.15, 0.2) is 54.1 Å². The van der Waals surface area contributed by atoms with E-state index in [-0.39, 0.29) is 22.9 Å². The molecule has 0 radical (unpaired) electrons. The van der Waals surface area contributed by atoms with Gasteiger partial charge in [0.1, 0.15) is 10.7 Å². The average molecular weight is 473 g/mol. The maximum Gasteiger partial charge on any atom is 0.268 e. The lowest BCUT2D eigenvalue weighted by molar-refractivity contribution is -0.122. The van der Waals surface area contributed by atoms with Crippen LogP contribution in [0.25, 0.3) is 4.91 Å². The molecule has 8 nitrogen and oxygen atoms in total. The fraction of sp³-hybridized carbons (Fsp3) is 0.333. The number of sulfonamides is 1. The second-order valence-electron chi connectivity index (χ2n) is 7.50. The largest absolute Gasteiger partial charge is 0.497 e. The first kappa shape index (κ1) is 24.5. The molecule has 0 atom stereocenters.